The van der Waals surface area contributed by atoms with Crippen LogP contribution in [0.1, 0.15) is 30.1 Å². The van der Waals surface area contributed by atoms with Gasteiger partial charge >= 0.3 is 0 Å². The van der Waals surface area contributed by atoms with Gasteiger partial charge in [-0.15, -0.1) is 0 Å². The molecule has 1 fully saturated rings. The number of hydrogen-bond donors (Lipinski definition) is 1. The Hall–Kier alpha value is -2.87. The molecule has 0 saturated carbocycles. The number of hydrogen-bond acceptors (Lipinski definition) is 4. The van der Waals surface area contributed by atoms with Crippen molar-refractivity contribution in [3.63, 3.8) is 0 Å². The van der Waals surface area contributed by atoms with Crippen LogP contribution in [0.25, 0.3) is 0 Å². The first-order valence-corrected chi connectivity index (χ1v) is 11.4. The fourth-order valence-electron chi connectivity index (χ4n) is 3.49. The predicted molar refractivity (Wildman–Crippen MR) is 113 cm³/mol. The zero-order chi connectivity index (χ0) is 21.0. The minimum absolute atomic E-state index is 0.130. The molecule has 7 nitrogen and oxygen atoms in total. The van der Waals surface area contributed by atoms with Crippen molar-refractivity contribution in [3.8, 4) is 0 Å². The van der Waals surface area contributed by atoms with E-state index >= 15 is 0 Å². The SMILES string of the molecule is C[C@@H](C(=O)Nc1ccccc1C(=O)N1CCCC1)N(c1ccccc1)S(C)(=O)=O. The lowest BCUT2D eigenvalue weighted by molar-refractivity contribution is -0.116. The average Bonchev–Trinajstić information content (AvgIpc) is 3.22. The van der Waals surface area contributed by atoms with E-state index in [0.29, 0.717) is 30.0 Å². The third-order valence-electron chi connectivity index (χ3n) is 4.91. The summed E-state index contributed by atoms with van der Waals surface area (Å²) < 4.78 is 25.8. The first kappa shape index (κ1) is 20.9. The molecule has 1 atom stereocenters. The average molecular weight is 416 g/mol. The van der Waals surface area contributed by atoms with Crippen molar-refractivity contribution in [1.29, 1.82) is 0 Å². The largest absolute Gasteiger partial charge is 0.339 e. The van der Waals surface area contributed by atoms with Crippen LogP contribution >= 0.6 is 0 Å². The Morgan fingerprint density at radius 1 is 1.00 bits per heavy atom. The van der Waals surface area contributed by atoms with Crippen molar-refractivity contribution in [2.75, 3.05) is 29.0 Å². The molecule has 1 saturated heterocycles. The molecule has 0 bridgehead atoms. The van der Waals surface area contributed by atoms with Gasteiger partial charge in [0, 0.05) is 13.1 Å². The Bertz CT molecular complexity index is 986. The van der Waals surface area contributed by atoms with E-state index in [4.69, 9.17) is 0 Å². The van der Waals surface area contributed by atoms with E-state index in [-0.39, 0.29) is 5.91 Å². The maximum absolute atomic E-state index is 12.9. The molecule has 29 heavy (non-hydrogen) atoms. The molecular formula is C21H25N3O4S. The molecule has 8 heteroatoms. The highest BCUT2D eigenvalue weighted by molar-refractivity contribution is 7.92. The second-order valence-electron chi connectivity index (χ2n) is 7.10. The van der Waals surface area contributed by atoms with E-state index in [2.05, 4.69) is 5.32 Å². The normalized spacial score (nSPS) is 15.0. The second kappa shape index (κ2) is 8.65. The molecule has 1 N–H and O–H groups in total. The van der Waals surface area contributed by atoms with E-state index in [1.807, 2.05) is 0 Å². The first-order valence-electron chi connectivity index (χ1n) is 9.52. The molecule has 1 aliphatic heterocycles. The van der Waals surface area contributed by atoms with Crippen LogP contribution in [0, 0.1) is 0 Å². The van der Waals surface area contributed by atoms with Crippen molar-refractivity contribution in [2.24, 2.45) is 0 Å². The van der Waals surface area contributed by atoms with Gasteiger partial charge in [0.2, 0.25) is 15.9 Å². The molecule has 2 amide bonds. The number of anilines is 2. The summed E-state index contributed by atoms with van der Waals surface area (Å²) in [5, 5.41) is 2.74. The number of nitrogens with one attached hydrogen (secondary N) is 1. The summed E-state index contributed by atoms with van der Waals surface area (Å²) in [5.74, 6) is -0.643. The van der Waals surface area contributed by atoms with Crippen LogP contribution in [0.5, 0.6) is 0 Å². The van der Waals surface area contributed by atoms with Gasteiger partial charge < -0.3 is 10.2 Å². The van der Waals surface area contributed by atoms with E-state index in [1.54, 1.807) is 59.5 Å². The molecule has 1 aliphatic rings. The van der Waals surface area contributed by atoms with Gasteiger partial charge in [-0.2, -0.15) is 0 Å². The molecule has 2 aromatic rings. The number of sulfonamides is 1. The highest BCUT2D eigenvalue weighted by Crippen LogP contribution is 2.23. The summed E-state index contributed by atoms with van der Waals surface area (Å²) in [6, 6.07) is 14.3. The van der Waals surface area contributed by atoms with E-state index in [1.165, 1.54) is 6.92 Å². The summed E-state index contributed by atoms with van der Waals surface area (Å²) in [4.78, 5) is 27.5. The van der Waals surface area contributed by atoms with Crippen molar-refractivity contribution in [2.45, 2.75) is 25.8 Å². The standard InChI is InChI=1S/C21H25N3O4S/c1-16(24(29(2,27)28)17-10-4-3-5-11-17)20(25)22-19-13-7-6-12-18(19)21(26)23-14-8-9-15-23/h3-7,10-13,16H,8-9,14-15H2,1-2H3,(H,22,25)/t16-/m0/s1. The minimum atomic E-state index is -3.70. The number of carbonyl (C=O) groups excluding carboxylic acids is 2. The van der Waals surface area contributed by atoms with Crippen molar-refractivity contribution < 1.29 is 18.0 Å². The predicted octanol–water partition coefficient (Wildman–Crippen LogP) is 2.72. The van der Waals surface area contributed by atoms with Gasteiger partial charge in [0.1, 0.15) is 6.04 Å². The topological polar surface area (TPSA) is 86.8 Å². The van der Waals surface area contributed by atoms with Crippen molar-refractivity contribution in [1.82, 2.24) is 4.90 Å². The van der Waals surface area contributed by atoms with Gasteiger partial charge in [-0.05, 0) is 44.0 Å². The van der Waals surface area contributed by atoms with Gasteiger partial charge in [0.25, 0.3) is 5.91 Å². The fraction of sp³-hybridized carbons (Fsp3) is 0.333. The summed E-state index contributed by atoms with van der Waals surface area (Å²) in [6.07, 6.45) is 3.00. The Labute approximate surface area is 171 Å². The highest BCUT2D eigenvalue weighted by atomic mass is 32.2. The van der Waals surface area contributed by atoms with Gasteiger partial charge in [-0.3, -0.25) is 13.9 Å². The number of para-hydroxylation sites is 2. The summed E-state index contributed by atoms with van der Waals surface area (Å²) in [7, 11) is -3.70. The van der Waals surface area contributed by atoms with Crippen LogP contribution in [0.15, 0.2) is 54.6 Å². The highest BCUT2D eigenvalue weighted by Gasteiger charge is 2.30. The Balaban J connectivity index is 1.85. The minimum Gasteiger partial charge on any atom is -0.339 e. The van der Waals surface area contributed by atoms with Crippen LogP contribution in [0.2, 0.25) is 0 Å². The molecule has 0 aliphatic carbocycles. The molecule has 0 aromatic heterocycles. The van der Waals surface area contributed by atoms with Crippen molar-refractivity contribution >= 4 is 33.2 Å². The monoisotopic (exact) mass is 415 g/mol. The molecule has 0 radical (unpaired) electrons. The second-order valence-corrected chi connectivity index (χ2v) is 8.96. The number of nitrogens with zero attached hydrogens (tertiary/aromatic N) is 2. The number of carbonyl (C=O) groups is 2. The number of likely N-dealkylation sites (tertiary alicyclic amines) is 1. The lowest BCUT2D eigenvalue weighted by atomic mass is 10.1. The van der Waals surface area contributed by atoms with Gasteiger partial charge in [0.05, 0.1) is 23.2 Å². The third kappa shape index (κ3) is 4.76. The van der Waals surface area contributed by atoms with E-state index < -0.39 is 22.0 Å². The smallest absolute Gasteiger partial charge is 0.255 e. The molecule has 3 rings (SSSR count). The maximum Gasteiger partial charge on any atom is 0.255 e. The van der Waals surface area contributed by atoms with Gasteiger partial charge in [-0.25, -0.2) is 8.42 Å². The lowest BCUT2D eigenvalue weighted by Crippen LogP contribution is -2.45. The maximum atomic E-state index is 12.9. The zero-order valence-electron chi connectivity index (χ0n) is 16.5. The van der Waals surface area contributed by atoms with Crippen LogP contribution in [-0.4, -0.2) is 50.5 Å². The van der Waals surface area contributed by atoms with Gasteiger partial charge in [0.15, 0.2) is 0 Å². The fourth-order valence-corrected chi connectivity index (χ4v) is 4.66. The molecular weight excluding hydrogens is 390 g/mol. The summed E-state index contributed by atoms with van der Waals surface area (Å²) in [6.45, 7) is 2.93. The Morgan fingerprint density at radius 3 is 2.21 bits per heavy atom. The van der Waals surface area contributed by atoms with Crippen LogP contribution in [0.3, 0.4) is 0 Å². The third-order valence-corrected chi connectivity index (χ3v) is 6.15. The van der Waals surface area contributed by atoms with E-state index in [0.717, 1.165) is 23.4 Å². The first-order chi connectivity index (χ1) is 13.8. The summed E-state index contributed by atoms with van der Waals surface area (Å²) in [5.41, 5.74) is 1.18. The molecule has 0 spiro atoms. The van der Waals surface area contributed by atoms with Crippen LogP contribution in [0.4, 0.5) is 11.4 Å². The lowest BCUT2D eigenvalue weighted by Gasteiger charge is -2.28. The van der Waals surface area contributed by atoms with Crippen LogP contribution in [-0.2, 0) is 14.8 Å². The number of rotatable bonds is 6. The Morgan fingerprint density at radius 2 is 1.59 bits per heavy atom. The molecule has 154 valence electrons. The molecule has 0 unspecified atom stereocenters. The quantitative estimate of drug-likeness (QED) is 0.786. The summed E-state index contributed by atoms with van der Waals surface area (Å²) >= 11 is 0. The molecule has 1 heterocycles. The number of amides is 2. The van der Waals surface area contributed by atoms with Crippen LogP contribution < -0.4 is 9.62 Å². The van der Waals surface area contributed by atoms with Crippen molar-refractivity contribution in [3.05, 3.63) is 60.2 Å². The Kier molecular flexibility index (Phi) is 6.22. The van der Waals surface area contributed by atoms with E-state index in [9.17, 15) is 18.0 Å². The number of benzene rings is 2. The molecule has 2 aromatic carbocycles. The van der Waals surface area contributed by atoms with Gasteiger partial charge in [-0.1, -0.05) is 30.3 Å². The zero-order valence-corrected chi connectivity index (χ0v) is 17.4.